The van der Waals surface area contributed by atoms with Crippen molar-refractivity contribution in [2.75, 3.05) is 7.11 Å². The summed E-state index contributed by atoms with van der Waals surface area (Å²) in [5.74, 6) is 7.02. The lowest BCUT2D eigenvalue weighted by Gasteiger charge is -2.06. The molecule has 0 spiro atoms. The molecule has 1 aromatic heterocycles. The predicted octanol–water partition coefficient (Wildman–Crippen LogP) is 5.90. The highest BCUT2D eigenvalue weighted by molar-refractivity contribution is 6.37. The molecule has 0 aliphatic rings. The number of benzene rings is 3. The number of aryl methyl sites for hydroxylation is 1. The van der Waals surface area contributed by atoms with Gasteiger partial charge in [-0.1, -0.05) is 58.8 Å². The van der Waals surface area contributed by atoms with Gasteiger partial charge in [0.2, 0.25) is 0 Å². The molecule has 32 heavy (non-hydrogen) atoms. The lowest BCUT2D eigenvalue weighted by Crippen LogP contribution is -2.16. The molecule has 0 aliphatic heterocycles. The Labute approximate surface area is 199 Å². The average molecular weight is 485 g/mol. The number of H-pyrrole nitrogens is 1. The van der Waals surface area contributed by atoms with Crippen LogP contribution in [0.15, 0.2) is 59.4 Å². The molecule has 0 saturated carbocycles. The van der Waals surface area contributed by atoms with E-state index in [2.05, 4.69) is 21.9 Å². The fraction of sp³-hybridized carbons (Fsp3) is 0.0833. The lowest BCUT2D eigenvalue weighted by atomic mass is 10.1. The third-order valence-corrected chi connectivity index (χ3v) is 5.62. The van der Waals surface area contributed by atoms with Crippen LogP contribution in [-0.4, -0.2) is 21.9 Å². The monoisotopic (exact) mass is 483 g/mol. The first-order chi connectivity index (χ1) is 15.4. The van der Waals surface area contributed by atoms with E-state index in [1.54, 1.807) is 43.5 Å². The Bertz CT molecular complexity index is 1420. The quantitative estimate of drug-likeness (QED) is 0.368. The number of rotatable bonds is 3. The van der Waals surface area contributed by atoms with E-state index in [1.807, 2.05) is 25.1 Å². The molecule has 1 N–H and O–H groups in total. The van der Waals surface area contributed by atoms with E-state index >= 15 is 0 Å². The number of methoxy groups -OCH3 is 1. The zero-order valence-corrected chi connectivity index (χ0v) is 19.3. The number of halogens is 3. The summed E-state index contributed by atoms with van der Waals surface area (Å²) in [6.07, 6.45) is 0. The smallest absolute Gasteiger partial charge is 0.348 e. The van der Waals surface area contributed by atoms with Gasteiger partial charge in [0.05, 0.1) is 27.7 Å². The fourth-order valence-electron chi connectivity index (χ4n) is 3.10. The summed E-state index contributed by atoms with van der Waals surface area (Å²) in [5, 5.41) is 5.58. The Hall–Kier alpha value is -3.17. The Kier molecular flexibility index (Phi) is 6.29. The van der Waals surface area contributed by atoms with E-state index in [-0.39, 0.29) is 0 Å². The minimum absolute atomic E-state index is 0.313. The van der Waals surface area contributed by atoms with Crippen LogP contribution in [0.5, 0.6) is 5.75 Å². The second kappa shape index (κ2) is 9.13. The highest BCUT2D eigenvalue weighted by Crippen LogP contribution is 2.29. The summed E-state index contributed by atoms with van der Waals surface area (Å²) in [7, 11) is 1.55. The molecule has 1 heterocycles. The Morgan fingerprint density at radius 3 is 2.31 bits per heavy atom. The maximum atomic E-state index is 12.5. The van der Waals surface area contributed by atoms with Crippen LogP contribution in [0.4, 0.5) is 0 Å². The molecule has 0 aliphatic carbocycles. The summed E-state index contributed by atoms with van der Waals surface area (Å²) < 4.78 is 6.64. The van der Waals surface area contributed by atoms with Gasteiger partial charge in [0.1, 0.15) is 11.4 Å². The van der Waals surface area contributed by atoms with E-state index in [9.17, 15) is 4.79 Å². The molecular weight excluding hydrogens is 469 g/mol. The standard InChI is InChI=1S/C24H16Cl3N3O2/c1-14-6-7-15(20(27)12-14)8-9-16-10-11-17(13-21(16)32-2)23-28-24(31)30(29-23)22-18(25)4-3-5-19(22)26/h3-7,10-13H,1-2H3,(H,28,29,31). The van der Waals surface area contributed by atoms with Crippen LogP contribution in [0.25, 0.3) is 17.1 Å². The number of aromatic nitrogens is 3. The minimum atomic E-state index is -0.466. The largest absolute Gasteiger partial charge is 0.495 e. The highest BCUT2D eigenvalue weighted by Gasteiger charge is 2.15. The normalized spacial score (nSPS) is 10.5. The van der Waals surface area contributed by atoms with Crippen molar-refractivity contribution in [2.45, 2.75) is 6.92 Å². The topological polar surface area (TPSA) is 59.9 Å². The van der Waals surface area contributed by atoms with Crippen molar-refractivity contribution in [2.24, 2.45) is 0 Å². The van der Waals surface area contributed by atoms with Crippen molar-refractivity contribution in [3.63, 3.8) is 0 Å². The predicted molar refractivity (Wildman–Crippen MR) is 128 cm³/mol. The molecule has 0 amide bonds. The second-order valence-electron chi connectivity index (χ2n) is 6.91. The molecular formula is C24H16Cl3N3O2. The van der Waals surface area contributed by atoms with E-state index in [4.69, 9.17) is 39.5 Å². The summed E-state index contributed by atoms with van der Waals surface area (Å²) in [6, 6.07) is 16.0. The molecule has 0 saturated heterocycles. The average Bonchev–Trinajstić information content (AvgIpc) is 3.14. The fourth-order valence-corrected chi connectivity index (χ4v) is 3.94. The van der Waals surface area contributed by atoms with Crippen LogP contribution in [0.3, 0.4) is 0 Å². The second-order valence-corrected chi connectivity index (χ2v) is 8.13. The van der Waals surface area contributed by atoms with Crippen molar-refractivity contribution in [1.29, 1.82) is 0 Å². The summed E-state index contributed by atoms with van der Waals surface area (Å²) in [5.41, 5.74) is 2.94. The SMILES string of the molecule is COc1cc(-c2nn(-c3c(Cl)cccc3Cl)c(=O)[nH]2)ccc1C#Cc1ccc(C)cc1Cl. The van der Waals surface area contributed by atoms with Crippen molar-refractivity contribution < 1.29 is 4.74 Å². The van der Waals surface area contributed by atoms with Crippen molar-refractivity contribution in [3.8, 4) is 34.7 Å². The molecule has 4 aromatic rings. The van der Waals surface area contributed by atoms with Crippen molar-refractivity contribution >= 4 is 34.8 Å². The number of ether oxygens (including phenoxy) is 1. The first-order valence-corrected chi connectivity index (χ1v) is 10.6. The van der Waals surface area contributed by atoms with Gasteiger partial charge < -0.3 is 4.74 Å². The molecule has 0 atom stereocenters. The summed E-state index contributed by atoms with van der Waals surface area (Å²) in [4.78, 5) is 15.2. The lowest BCUT2D eigenvalue weighted by molar-refractivity contribution is 0.414. The van der Waals surface area contributed by atoms with Gasteiger partial charge in [0, 0.05) is 11.1 Å². The number of nitrogens with zero attached hydrogens (tertiary/aromatic N) is 2. The molecule has 4 rings (SSSR count). The molecule has 0 bridgehead atoms. The molecule has 0 unspecified atom stereocenters. The maximum Gasteiger partial charge on any atom is 0.348 e. The Morgan fingerprint density at radius 2 is 1.62 bits per heavy atom. The summed E-state index contributed by atoms with van der Waals surface area (Å²) in [6.45, 7) is 1.97. The zero-order valence-electron chi connectivity index (χ0n) is 17.0. The van der Waals surface area contributed by atoms with Crippen LogP contribution in [0.2, 0.25) is 15.1 Å². The third kappa shape index (κ3) is 4.39. The molecule has 160 valence electrons. The molecule has 0 fully saturated rings. The van der Waals surface area contributed by atoms with Crippen molar-refractivity contribution in [3.05, 3.63) is 96.8 Å². The van der Waals surface area contributed by atoms with Gasteiger partial charge in [-0.05, 0) is 55.0 Å². The van der Waals surface area contributed by atoms with Crippen LogP contribution >= 0.6 is 34.8 Å². The third-order valence-electron chi connectivity index (χ3n) is 4.70. The number of hydrogen-bond acceptors (Lipinski definition) is 3. The molecule has 3 aromatic carbocycles. The number of hydrogen-bond donors (Lipinski definition) is 1. The van der Waals surface area contributed by atoms with E-state index in [0.29, 0.717) is 43.5 Å². The zero-order chi connectivity index (χ0) is 22.8. The van der Waals surface area contributed by atoms with E-state index < -0.39 is 5.69 Å². The number of para-hydroxylation sites is 1. The van der Waals surface area contributed by atoms with E-state index in [1.165, 1.54) is 0 Å². The molecule has 8 heteroatoms. The molecule has 5 nitrogen and oxygen atoms in total. The van der Waals surface area contributed by atoms with Gasteiger partial charge in [-0.3, -0.25) is 4.98 Å². The van der Waals surface area contributed by atoms with E-state index in [0.717, 1.165) is 15.8 Å². The Balaban J connectivity index is 1.72. The van der Waals surface area contributed by atoms with Crippen LogP contribution < -0.4 is 10.4 Å². The van der Waals surface area contributed by atoms with Crippen LogP contribution in [-0.2, 0) is 0 Å². The van der Waals surface area contributed by atoms with Gasteiger partial charge >= 0.3 is 5.69 Å². The van der Waals surface area contributed by atoms with Crippen LogP contribution in [0, 0.1) is 18.8 Å². The number of nitrogens with one attached hydrogen (secondary N) is 1. The maximum absolute atomic E-state index is 12.5. The van der Waals surface area contributed by atoms with Crippen molar-refractivity contribution in [1.82, 2.24) is 14.8 Å². The van der Waals surface area contributed by atoms with Gasteiger partial charge in [0.25, 0.3) is 0 Å². The van der Waals surface area contributed by atoms with Gasteiger partial charge in [0.15, 0.2) is 5.82 Å². The summed E-state index contributed by atoms with van der Waals surface area (Å²) >= 11 is 18.7. The van der Waals surface area contributed by atoms with Gasteiger partial charge in [-0.2, -0.15) is 4.68 Å². The van der Waals surface area contributed by atoms with Gasteiger partial charge in [-0.15, -0.1) is 5.10 Å². The molecule has 0 radical (unpaired) electrons. The van der Waals surface area contributed by atoms with Gasteiger partial charge in [-0.25, -0.2) is 4.79 Å². The number of aromatic amines is 1. The Morgan fingerprint density at radius 1 is 0.938 bits per heavy atom. The highest BCUT2D eigenvalue weighted by atomic mass is 35.5. The van der Waals surface area contributed by atoms with Crippen LogP contribution in [0.1, 0.15) is 16.7 Å². The first kappa shape index (κ1) is 22.0. The minimum Gasteiger partial charge on any atom is -0.495 e. The first-order valence-electron chi connectivity index (χ1n) is 9.47.